The molecular weight excluding hydrogens is 322 g/mol. The molecule has 0 aliphatic carbocycles. The first kappa shape index (κ1) is 17.7. The molecule has 0 N–H and O–H groups in total. The second-order valence-electron chi connectivity index (χ2n) is 6.24. The molecule has 0 spiro atoms. The summed E-state index contributed by atoms with van der Waals surface area (Å²) in [6.07, 6.45) is 0. The Hall–Kier alpha value is -2.12. The van der Waals surface area contributed by atoms with E-state index in [2.05, 4.69) is 4.90 Å². The molecule has 1 atom stereocenters. The van der Waals surface area contributed by atoms with Crippen molar-refractivity contribution in [3.63, 3.8) is 0 Å². The molecule has 0 saturated carbocycles. The summed E-state index contributed by atoms with van der Waals surface area (Å²) in [6, 6.07) is 9.28. The van der Waals surface area contributed by atoms with Gasteiger partial charge in [0.15, 0.2) is 0 Å². The number of ether oxygens (including phenoxy) is 2. The fourth-order valence-electron chi connectivity index (χ4n) is 3.37. The lowest BCUT2D eigenvalue weighted by Crippen LogP contribution is -2.55. The summed E-state index contributed by atoms with van der Waals surface area (Å²) in [7, 11) is 1.41. The summed E-state index contributed by atoms with van der Waals surface area (Å²) in [5, 5.41) is 0. The van der Waals surface area contributed by atoms with Gasteiger partial charge in [-0.2, -0.15) is 0 Å². The van der Waals surface area contributed by atoms with Crippen LogP contribution in [0.25, 0.3) is 0 Å². The summed E-state index contributed by atoms with van der Waals surface area (Å²) in [5.41, 5.74) is 0.919. The first-order chi connectivity index (χ1) is 12.2. The van der Waals surface area contributed by atoms with Crippen LogP contribution in [0.1, 0.15) is 11.6 Å². The van der Waals surface area contributed by atoms with E-state index in [4.69, 9.17) is 9.47 Å². The van der Waals surface area contributed by atoms with E-state index in [-0.39, 0.29) is 12.0 Å². The van der Waals surface area contributed by atoms with Crippen molar-refractivity contribution in [2.75, 3.05) is 59.6 Å². The van der Waals surface area contributed by atoms with Crippen LogP contribution in [-0.2, 0) is 14.3 Å². The van der Waals surface area contributed by atoms with Crippen LogP contribution in [0.2, 0.25) is 0 Å². The number of morpholine rings is 1. The number of hydrogen-bond acceptors (Lipinski definition) is 5. The summed E-state index contributed by atoms with van der Waals surface area (Å²) in [6.45, 7) is 5.00. The van der Waals surface area contributed by atoms with Gasteiger partial charge < -0.3 is 19.3 Å². The van der Waals surface area contributed by atoms with Gasteiger partial charge in [0.1, 0.15) is 6.04 Å². The predicted octanol–water partition coefficient (Wildman–Crippen LogP) is 0.971. The van der Waals surface area contributed by atoms with Crippen LogP contribution >= 0.6 is 0 Å². The van der Waals surface area contributed by atoms with Crippen molar-refractivity contribution in [1.29, 1.82) is 0 Å². The van der Waals surface area contributed by atoms with Crippen molar-refractivity contribution >= 4 is 12.0 Å². The smallest absolute Gasteiger partial charge is 0.327 e. The van der Waals surface area contributed by atoms with Crippen molar-refractivity contribution in [2.24, 2.45) is 0 Å². The maximum atomic E-state index is 12.6. The molecule has 7 heteroatoms. The lowest BCUT2D eigenvalue weighted by Gasteiger charge is -2.40. The van der Waals surface area contributed by atoms with Gasteiger partial charge >= 0.3 is 12.0 Å². The Morgan fingerprint density at radius 2 is 1.56 bits per heavy atom. The number of methoxy groups -OCH3 is 1. The number of hydrogen-bond donors (Lipinski definition) is 0. The van der Waals surface area contributed by atoms with E-state index in [1.807, 2.05) is 40.1 Å². The normalized spacial score (nSPS) is 20.2. The van der Waals surface area contributed by atoms with E-state index < -0.39 is 6.04 Å². The van der Waals surface area contributed by atoms with Crippen LogP contribution in [0.3, 0.4) is 0 Å². The van der Waals surface area contributed by atoms with Crippen LogP contribution < -0.4 is 0 Å². The third-order valence-corrected chi connectivity index (χ3v) is 4.77. The van der Waals surface area contributed by atoms with Crippen molar-refractivity contribution in [2.45, 2.75) is 6.04 Å². The Morgan fingerprint density at radius 1 is 0.960 bits per heavy atom. The minimum Gasteiger partial charge on any atom is -0.468 e. The number of carbonyl (C=O) groups is 2. The third-order valence-electron chi connectivity index (χ3n) is 4.77. The highest BCUT2D eigenvalue weighted by molar-refractivity contribution is 5.78. The van der Waals surface area contributed by atoms with Gasteiger partial charge in [-0.05, 0) is 5.56 Å². The van der Waals surface area contributed by atoms with Gasteiger partial charge in [0, 0.05) is 39.3 Å². The number of carbonyl (C=O) groups excluding carboxylic acids is 2. The first-order valence-electron chi connectivity index (χ1n) is 8.69. The van der Waals surface area contributed by atoms with E-state index >= 15 is 0 Å². The fourth-order valence-corrected chi connectivity index (χ4v) is 3.37. The zero-order chi connectivity index (χ0) is 17.6. The number of amides is 2. The van der Waals surface area contributed by atoms with Gasteiger partial charge in [0.05, 0.1) is 20.3 Å². The molecule has 0 aromatic heterocycles. The summed E-state index contributed by atoms with van der Waals surface area (Å²) in [5.74, 6) is -0.265. The summed E-state index contributed by atoms with van der Waals surface area (Å²) >= 11 is 0. The number of rotatable bonds is 3. The van der Waals surface area contributed by atoms with Crippen LogP contribution in [0.5, 0.6) is 0 Å². The molecular formula is C18H25N3O4. The third kappa shape index (κ3) is 4.11. The molecule has 2 heterocycles. The molecule has 2 aliphatic heterocycles. The largest absolute Gasteiger partial charge is 0.468 e. The minimum atomic E-state index is -0.424. The number of esters is 1. The SMILES string of the molecule is COC(=O)[C@H](c1ccccc1)N1CCN(C(=O)N2CCOCC2)CC1. The van der Waals surface area contributed by atoms with Crippen molar-refractivity contribution < 1.29 is 19.1 Å². The molecule has 1 aromatic rings. The van der Waals surface area contributed by atoms with Gasteiger partial charge in [0.25, 0.3) is 0 Å². The number of nitrogens with zero attached hydrogens (tertiary/aromatic N) is 3. The minimum absolute atomic E-state index is 0.0669. The van der Waals surface area contributed by atoms with E-state index in [0.29, 0.717) is 52.5 Å². The molecule has 3 rings (SSSR count). The monoisotopic (exact) mass is 347 g/mol. The number of urea groups is 1. The lowest BCUT2D eigenvalue weighted by molar-refractivity contribution is -0.148. The average Bonchev–Trinajstić information content (AvgIpc) is 2.69. The zero-order valence-corrected chi connectivity index (χ0v) is 14.6. The van der Waals surface area contributed by atoms with Gasteiger partial charge in [-0.3, -0.25) is 4.90 Å². The van der Waals surface area contributed by atoms with Crippen LogP contribution in [-0.4, -0.2) is 86.3 Å². The highest BCUT2D eigenvalue weighted by Crippen LogP contribution is 2.24. The quantitative estimate of drug-likeness (QED) is 0.763. The second-order valence-corrected chi connectivity index (χ2v) is 6.24. The maximum Gasteiger partial charge on any atom is 0.327 e. The first-order valence-corrected chi connectivity index (χ1v) is 8.69. The van der Waals surface area contributed by atoms with E-state index in [9.17, 15) is 9.59 Å². The maximum absolute atomic E-state index is 12.6. The Labute approximate surface area is 148 Å². The number of piperazine rings is 1. The summed E-state index contributed by atoms with van der Waals surface area (Å²) < 4.78 is 10.3. The molecule has 0 radical (unpaired) electrons. The Balaban J connectivity index is 1.63. The standard InChI is InChI=1S/C18H25N3O4/c1-24-17(22)16(15-5-3-2-4-6-15)19-7-9-20(10-8-19)18(23)21-11-13-25-14-12-21/h2-6,16H,7-14H2,1H3/t16-/m0/s1. The Kier molecular flexibility index (Phi) is 5.88. The predicted molar refractivity (Wildman–Crippen MR) is 92.1 cm³/mol. The van der Waals surface area contributed by atoms with E-state index in [1.165, 1.54) is 7.11 Å². The van der Waals surface area contributed by atoms with E-state index in [1.54, 1.807) is 0 Å². The van der Waals surface area contributed by atoms with Gasteiger partial charge in [-0.25, -0.2) is 9.59 Å². The zero-order valence-electron chi connectivity index (χ0n) is 14.6. The van der Waals surface area contributed by atoms with Gasteiger partial charge in [-0.1, -0.05) is 30.3 Å². The molecule has 0 unspecified atom stereocenters. The van der Waals surface area contributed by atoms with Crippen LogP contribution in [0.4, 0.5) is 4.79 Å². The van der Waals surface area contributed by atoms with Gasteiger partial charge in [-0.15, -0.1) is 0 Å². The summed E-state index contributed by atoms with van der Waals surface area (Å²) in [4.78, 5) is 30.7. The topological polar surface area (TPSA) is 62.3 Å². The molecule has 2 amide bonds. The second kappa shape index (κ2) is 8.31. The van der Waals surface area contributed by atoms with Crippen LogP contribution in [0.15, 0.2) is 30.3 Å². The molecule has 2 aliphatic rings. The van der Waals surface area contributed by atoms with Crippen molar-refractivity contribution in [3.05, 3.63) is 35.9 Å². The molecule has 7 nitrogen and oxygen atoms in total. The van der Waals surface area contributed by atoms with Crippen LogP contribution in [0, 0.1) is 0 Å². The molecule has 2 fully saturated rings. The van der Waals surface area contributed by atoms with Gasteiger partial charge in [0.2, 0.25) is 0 Å². The molecule has 2 saturated heterocycles. The molecule has 136 valence electrons. The average molecular weight is 347 g/mol. The Morgan fingerprint density at radius 3 is 2.16 bits per heavy atom. The molecule has 25 heavy (non-hydrogen) atoms. The fraction of sp³-hybridized carbons (Fsp3) is 0.556. The lowest BCUT2D eigenvalue weighted by atomic mass is 10.0. The highest BCUT2D eigenvalue weighted by Gasteiger charge is 2.33. The van der Waals surface area contributed by atoms with Crippen molar-refractivity contribution in [1.82, 2.24) is 14.7 Å². The molecule has 0 bridgehead atoms. The van der Waals surface area contributed by atoms with E-state index in [0.717, 1.165) is 5.56 Å². The van der Waals surface area contributed by atoms with Crippen molar-refractivity contribution in [3.8, 4) is 0 Å². The Bertz CT molecular complexity index is 581. The number of benzene rings is 1. The highest BCUT2D eigenvalue weighted by atomic mass is 16.5. The molecule has 1 aromatic carbocycles.